The molecule has 106 valence electrons. The second kappa shape index (κ2) is 6.19. The minimum Gasteiger partial charge on any atom is -0.496 e. The van der Waals surface area contributed by atoms with Gasteiger partial charge in [0, 0.05) is 12.1 Å². The second-order valence-electron chi connectivity index (χ2n) is 4.70. The summed E-state index contributed by atoms with van der Waals surface area (Å²) < 4.78 is 36.3. The summed E-state index contributed by atoms with van der Waals surface area (Å²) in [5.41, 5.74) is 0.731. The van der Waals surface area contributed by atoms with E-state index < -0.39 is 6.43 Å². The van der Waals surface area contributed by atoms with Crippen molar-refractivity contribution >= 4 is 0 Å². The largest absolute Gasteiger partial charge is 0.496 e. The Labute approximate surface area is 111 Å². The van der Waals surface area contributed by atoms with Crippen LogP contribution in [0.15, 0.2) is 12.1 Å². The zero-order valence-electron chi connectivity index (χ0n) is 11.2. The van der Waals surface area contributed by atoms with E-state index in [0.29, 0.717) is 18.2 Å². The van der Waals surface area contributed by atoms with Gasteiger partial charge in [-0.15, -0.1) is 0 Å². The van der Waals surface area contributed by atoms with Crippen molar-refractivity contribution in [2.24, 2.45) is 0 Å². The van der Waals surface area contributed by atoms with Crippen molar-refractivity contribution in [3.63, 3.8) is 0 Å². The van der Waals surface area contributed by atoms with E-state index in [0.717, 1.165) is 24.9 Å². The molecule has 3 nitrogen and oxygen atoms in total. The molecule has 1 N–H and O–H groups in total. The summed E-state index contributed by atoms with van der Waals surface area (Å²) in [6.07, 6.45) is 0.354. The van der Waals surface area contributed by atoms with Gasteiger partial charge in [-0.1, -0.05) is 0 Å². The molecular weight excluding hydrogens is 252 g/mol. The zero-order chi connectivity index (χ0) is 13.8. The summed E-state index contributed by atoms with van der Waals surface area (Å²) in [7, 11) is 2.93. The molecule has 1 saturated heterocycles. The number of hydrogen-bond acceptors (Lipinski definition) is 3. The lowest BCUT2D eigenvalue weighted by Gasteiger charge is -2.17. The summed E-state index contributed by atoms with van der Waals surface area (Å²) in [5.74, 6) is 0.782. The van der Waals surface area contributed by atoms with Crippen LogP contribution in [0.3, 0.4) is 0 Å². The van der Waals surface area contributed by atoms with Gasteiger partial charge in [0.2, 0.25) is 0 Å². The van der Waals surface area contributed by atoms with Gasteiger partial charge in [0.15, 0.2) is 0 Å². The van der Waals surface area contributed by atoms with Crippen molar-refractivity contribution in [2.75, 3.05) is 20.8 Å². The molecule has 0 amide bonds. The molecule has 0 aliphatic carbocycles. The number of hydrogen-bond donors (Lipinski definition) is 1. The van der Waals surface area contributed by atoms with E-state index in [-0.39, 0.29) is 11.3 Å². The number of alkyl halides is 2. The summed E-state index contributed by atoms with van der Waals surface area (Å²) in [5, 5.41) is 3.36. The molecule has 19 heavy (non-hydrogen) atoms. The van der Waals surface area contributed by atoms with Crippen molar-refractivity contribution in [1.29, 1.82) is 0 Å². The van der Waals surface area contributed by atoms with Crippen LogP contribution in [0.5, 0.6) is 11.5 Å². The molecule has 1 unspecified atom stereocenters. The van der Waals surface area contributed by atoms with Crippen LogP contribution in [0, 0.1) is 0 Å². The maximum atomic E-state index is 13.0. The highest BCUT2D eigenvalue weighted by Crippen LogP contribution is 2.35. The first-order chi connectivity index (χ1) is 9.15. The standard InChI is InChI=1S/C14H19F2NO2/c1-18-12-8-13(19-2)11(14(15)16)7-9(12)6-10-4-3-5-17-10/h7-8,10,14,17H,3-6H2,1-2H3. The Hall–Kier alpha value is -1.36. The second-order valence-corrected chi connectivity index (χ2v) is 4.70. The smallest absolute Gasteiger partial charge is 0.267 e. The lowest BCUT2D eigenvalue weighted by Crippen LogP contribution is -2.24. The van der Waals surface area contributed by atoms with Crippen molar-refractivity contribution < 1.29 is 18.3 Å². The fraction of sp³-hybridized carbons (Fsp3) is 0.571. The normalized spacial score (nSPS) is 18.9. The first kappa shape index (κ1) is 14.1. The molecule has 2 rings (SSSR count). The molecular formula is C14H19F2NO2. The van der Waals surface area contributed by atoms with Crippen molar-refractivity contribution in [1.82, 2.24) is 5.32 Å². The third kappa shape index (κ3) is 3.15. The van der Waals surface area contributed by atoms with Gasteiger partial charge in [-0.25, -0.2) is 8.78 Å². The van der Waals surface area contributed by atoms with Gasteiger partial charge >= 0.3 is 0 Å². The van der Waals surface area contributed by atoms with Gasteiger partial charge in [-0.3, -0.25) is 0 Å². The van der Waals surface area contributed by atoms with Gasteiger partial charge in [-0.2, -0.15) is 0 Å². The van der Waals surface area contributed by atoms with Crippen LogP contribution in [-0.4, -0.2) is 26.8 Å². The third-order valence-electron chi connectivity index (χ3n) is 3.50. The van der Waals surface area contributed by atoms with Crippen LogP contribution in [-0.2, 0) is 6.42 Å². The van der Waals surface area contributed by atoms with Gasteiger partial charge in [0.05, 0.1) is 19.8 Å². The molecule has 1 aromatic carbocycles. The highest BCUT2D eigenvalue weighted by Gasteiger charge is 2.21. The Balaban J connectivity index is 2.31. The number of halogens is 2. The third-order valence-corrected chi connectivity index (χ3v) is 3.50. The fourth-order valence-electron chi connectivity index (χ4n) is 2.52. The fourth-order valence-corrected chi connectivity index (χ4v) is 2.52. The number of nitrogens with one attached hydrogen (secondary N) is 1. The Kier molecular flexibility index (Phi) is 4.58. The van der Waals surface area contributed by atoms with Crippen molar-refractivity contribution in [2.45, 2.75) is 31.7 Å². The van der Waals surface area contributed by atoms with Crippen LogP contribution in [0.1, 0.15) is 30.4 Å². The van der Waals surface area contributed by atoms with Crippen LogP contribution in [0.25, 0.3) is 0 Å². The molecule has 1 aliphatic heterocycles. The first-order valence-corrected chi connectivity index (χ1v) is 6.42. The molecule has 1 aromatic rings. The minimum atomic E-state index is -2.55. The van der Waals surface area contributed by atoms with Crippen LogP contribution in [0.4, 0.5) is 8.78 Å². The molecule has 1 heterocycles. The SMILES string of the molecule is COc1cc(OC)c(C(F)F)cc1CC1CCCN1. The van der Waals surface area contributed by atoms with Crippen LogP contribution in [0.2, 0.25) is 0 Å². The van der Waals surface area contributed by atoms with Crippen LogP contribution < -0.4 is 14.8 Å². The van der Waals surface area contributed by atoms with E-state index in [4.69, 9.17) is 9.47 Å². The molecule has 1 atom stereocenters. The van der Waals surface area contributed by atoms with E-state index in [2.05, 4.69) is 5.32 Å². The summed E-state index contributed by atoms with van der Waals surface area (Å²) in [4.78, 5) is 0. The summed E-state index contributed by atoms with van der Waals surface area (Å²) in [6, 6.07) is 3.39. The first-order valence-electron chi connectivity index (χ1n) is 6.42. The maximum absolute atomic E-state index is 13.0. The Morgan fingerprint density at radius 1 is 1.26 bits per heavy atom. The average molecular weight is 271 g/mol. The molecule has 5 heteroatoms. The average Bonchev–Trinajstić information content (AvgIpc) is 2.91. The lowest BCUT2D eigenvalue weighted by molar-refractivity contribution is 0.146. The highest BCUT2D eigenvalue weighted by molar-refractivity contribution is 5.47. The topological polar surface area (TPSA) is 30.5 Å². The van der Waals surface area contributed by atoms with E-state index in [1.807, 2.05) is 0 Å². The molecule has 0 bridgehead atoms. The Morgan fingerprint density at radius 3 is 2.53 bits per heavy atom. The predicted molar refractivity (Wildman–Crippen MR) is 69.2 cm³/mol. The van der Waals surface area contributed by atoms with Crippen molar-refractivity contribution in [3.8, 4) is 11.5 Å². The minimum absolute atomic E-state index is 0.0729. The van der Waals surface area contributed by atoms with E-state index >= 15 is 0 Å². The van der Waals surface area contributed by atoms with E-state index in [1.54, 1.807) is 13.2 Å². The number of methoxy groups -OCH3 is 2. The molecule has 1 aliphatic rings. The molecule has 1 fully saturated rings. The molecule has 0 radical (unpaired) electrons. The van der Waals surface area contributed by atoms with Gasteiger partial charge < -0.3 is 14.8 Å². The number of ether oxygens (including phenoxy) is 2. The van der Waals surface area contributed by atoms with E-state index in [1.165, 1.54) is 13.2 Å². The monoisotopic (exact) mass is 271 g/mol. The summed E-state index contributed by atoms with van der Waals surface area (Å²) >= 11 is 0. The quantitative estimate of drug-likeness (QED) is 0.893. The molecule has 0 spiro atoms. The Morgan fingerprint density at radius 2 is 2.00 bits per heavy atom. The molecule has 0 aromatic heterocycles. The highest BCUT2D eigenvalue weighted by atomic mass is 19.3. The van der Waals surface area contributed by atoms with Gasteiger partial charge in [0.25, 0.3) is 6.43 Å². The van der Waals surface area contributed by atoms with Gasteiger partial charge in [0.1, 0.15) is 11.5 Å². The number of rotatable bonds is 5. The van der Waals surface area contributed by atoms with Gasteiger partial charge in [-0.05, 0) is 37.4 Å². The predicted octanol–water partition coefficient (Wildman–Crippen LogP) is 2.94. The summed E-state index contributed by atoms with van der Waals surface area (Å²) in [6.45, 7) is 0.991. The lowest BCUT2D eigenvalue weighted by atomic mass is 10.0. The van der Waals surface area contributed by atoms with E-state index in [9.17, 15) is 8.78 Å². The number of benzene rings is 1. The Bertz CT molecular complexity index is 432. The van der Waals surface area contributed by atoms with Crippen molar-refractivity contribution in [3.05, 3.63) is 23.3 Å². The molecule has 0 saturated carbocycles. The maximum Gasteiger partial charge on any atom is 0.267 e. The zero-order valence-corrected chi connectivity index (χ0v) is 11.2. The van der Waals surface area contributed by atoms with Crippen LogP contribution >= 0.6 is 0 Å².